The highest BCUT2D eigenvalue weighted by Crippen LogP contribution is 2.22. The van der Waals surface area contributed by atoms with E-state index in [1.807, 2.05) is 0 Å². The van der Waals surface area contributed by atoms with Crippen LogP contribution in [0.15, 0.2) is 0 Å². The standard InChI is InChI=1S/C14H28N2O/c1-14(2,10-15-12-6-7-12)11-16(3)9-13-5-4-8-17-13/h12-13,15H,4-11H2,1-3H3. The molecule has 0 amide bonds. The van der Waals surface area contributed by atoms with Crippen molar-refractivity contribution in [3.05, 3.63) is 0 Å². The third-order valence-corrected chi connectivity index (χ3v) is 3.68. The molecule has 0 bridgehead atoms. The van der Waals surface area contributed by atoms with Crippen molar-refractivity contribution in [2.75, 3.05) is 33.3 Å². The molecule has 1 aliphatic heterocycles. The average molecular weight is 240 g/mol. The lowest BCUT2D eigenvalue weighted by Gasteiger charge is -2.31. The molecular formula is C14H28N2O. The molecule has 0 aromatic heterocycles. The Labute approximate surface area is 106 Å². The molecule has 1 N–H and O–H groups in total. The second-order valence-corrected chi connectivity index (χ2v) is 6.65. The van der Waals surface area contributed by atoms with Crippen LogP contribution in [0.4, 0.5) is 0 Å². The molecule has 100 valence electrons. The van der Waals surface area contributed by atoms with Gasteiger partial charge in [0.2, 0.25) is 0 Å². The zero-order chi connectivity index (χ0) is 12.3. The van der Waals surface area contributed by atoms with Crippen LogP contribution in [0.25, 0.3) is 0 Å². The van der Waals surface area contributed by atoms with E-state index in [-0.39, 0.29) is 0 Å². The Kier molecular flexibility index (Phi) is 4.45. The zero-order valence-corrected chi connectivity index (χ0v) is 11.7. The van der Waals surface area contributed by atoms with Crippen LogP contribution in [0.5, 0.6) is 0 Å². The van der Waals surface area contributed by atoms with Gasteiger partial charge in [-0.1, -0.05) is 13.8 Å². The van der Waals surface area contributed by atoms with Gasteiger partial charge in [-0.2, -0.15) is 0 Å². The van der Waals surface area contributed by atoms with Gasteiger partial charge < -0.3 is 15.0 Å². The van der Waals surface area contributed by atoms with Crippen LogP contribution in [0.2, 0.25) is 0 Å². The van der Waals surface area contributed by atoms with Gasteiger partial charge in [-0.3, -0.25) is 0 Å². The fourth-order valence-corrected chi connectivity index (χ4v) is 2.70. The minimum atomic E-state index is 0.357. The van der Waals surface area contributed by atoms with Crippen molar-refractivity contribution in [2.45, 2.75) is 51.7 Å². The second-order valence-electron chi connectivity index (χ2n) is 6.65. The van der Waals surface area contributed by atoms with Gasteiger partial charge in [-0.25, -0.2) is 0 Å². The summed E-state index contributed by atoms with van der Waals surface area (Å²) < 4.78 is 5.69. The van der Waals surface area contributed by atoms with Crippen molar-refractivity contribution >= 4 is 0 Å². The SMILES string of the molecule is CN(CC1CCCO1)CC(C)(C)CNC1CC1. The number of hydrogen-bond donors (Lipinski definition) is 1. The molecule has 2 rings (SSSR count). The molecule has 3 heteroatoms. The van der Waals surface area contributed by atoms with Crippen molar-refractivity contribution in [1.82, 2.24) is 10.2 Å². The van der Waals surface area contributed by atoms with Crippen LogP contribution in [-0.2, 0) is 4.74 Å². The number of ether oxygens (including phenoxy) is 1. The number of rotatable bonds is 7. The third kappa shape index (κ3) is 4.94. The van der Waals surface area contributed by atoms with E-state index in [9.17, 15) is 0 Å². The minimum Gasteiger partial charge on any atom is -0.377 e. The maximum atomic E-state index is 5.69. The van der Waals surface area contributed by atoms with Crippen LogP contribution in [-0.4, -0.2) is 50.3 Å². The van der Waals surface area contributed by atoms with Crippen molar-refractivity contribution in [3.8, 4) is 0 Å². The van der Waals surface area contributed by atoms with Crippen LogP contribution < -0.4 is 5.32 Å². The van der Waals surface area contributed by atoms with E-state index >= 15 is 0 Å². The summed E-state index contributed by atoms with van der Waals surface area (Å²) in [5.41, 5.74) is 0.357. The Morgan fingerprint density at radius 3 is 2.65 bits per heavy atom. The highest BCUT2D eigenvalue weighted by Gasteiger charge is 2.27. The van der Waals surface area contributed by atoms with Crippen molar-refractivity contribution in [3.63, 3.8) is 0 Å². The normalized spacial score (nSPS) is 25.8. The first-order valence-electron chi connectivity index (χ1n) is 7.09. The molecule has 17 heavy (non-hydrogen) atoms. The molecule has 1 heterocycles. The first-order valence-corrected chi connectivity index (χ1v) is 7.09. The topological polar surface area (TPSA) is 24.5 Å². The van der Waals surface area contributed by atoms with Crippen molar-refractivity contribution < 1.29 is 4.74 Å². The first kappa shape index (κ1) is 13.3. The monoisotopic (exact) mass is 240 g/mol. The lowest BCUT2D eigenvalue weighted by Crippen LogP contribution is -2.41. The maximum absolute atomic E-state index is 5.69. The maximum Gasteiger partial charge on any atom is 0.0702 e. The molecule has 2 aliphatic rings. The summed E-state index contributed by atoms with van der Waals surface area (Å²) in [5, 5.41) is 3.64. The highest BCUT2D eigenvalue weighted by atomic mass is 16.5. The largest absolute Gasteiger partial charge is 0.377 e. The summed E-state index contributed by atoms with van der Waals surface area (Å²) in [6.45, 7) is 9.04. The molecule has 1 unspecified atom stereocenters. The van der Waals surface area contributed by atoms with E-state index in [4.69, 9.17) is 4.74 Å². The molecule has 3 nitrogen and oxygen atoms in total. The van der Waals surface area contributed by atoms with Crippen LogP contribution in [0, 0.1) is 5.41 Å². The van der Waals surface area contributed by atoms with Gasteiger partial charge in [0.25, 0.3) is 0 Å². The molecule has 1 saturated heterocycles. The zero-order valence-electron chi connectivity index (χ0n) is 11.7. The minimum absolute atomic E-state index is 0.357. The highest BCUT2D eigenvalue weighted by molar-refractivity contribution is 4.85. The summed E-state index contributed by atoms with van der Waals surface area (Å²) in [4.78, 5) is 2.44. The summed E-state index contributed by atoms with van der Waals surface area (Å²) in [7, 11) is 2.22. The predicted molar refractivity (Wildman–Crippen MR) is 71.3 cm³/mol. The quantitative estimate of drug-likeness (QED) is 0.735. The Morgan fingerprint density at radius 2 is 2.06 bits per heavy atom. The first-order chi connectivity index (χ1) is 8.05. The molecule has 1 atom stereocenters. The Bertz CT molecular complexity index is 232. The van der Waals surface area contributed by atoms with Crippen LogP contribution in [0.1, 0.15) is 39.5 Å². The van der Waals surface area contributed by atoms with E-state index in [1.165, 1.54) is 25.7 Å². The van der Waals surface area contributed by atoms with E-state index in [1.54, 1.807) is 0 Å². The third-order valence-electron chi connectivity index (χ3n) is 3.68. The van der Waals surface area contributed by atoms with Gasteiger partial charge in [0, 0.05) is 32.3 Å². The van der Waals surface area contributed by atoms with Gasteiger partial charge in [0.1, 0.15) is 0 Å². The predicted octanol–water partition coefficient (Wildman–Crippen LogP) is 1.88. The van der Waals surface area contributed by atoms with Gasteiger partial charge in [0.15, 0.2) is 0 Å². The second kappa shape index (κ2) is 5.68. The van der Waals surface area contributed by atoms with E-state index in [2.05, 4.69) is 31.1 Å². The molecule has 2 fully saturated rings. The van der Waals surface area contributed by atoms with Crippen molar-refractivity contribution in [1.29, 1.82) is 0 Å². The van der Waals surface area contributed by atoms with Crippen molar-refractivity contribution in [2.24, 2.45) is 5.41 Å². The number of likely N-dealkylation sites (N-methyl/N-ethyl adjacent to an activating group) is 1. The number of nitrogens with one attached hydrogen (secondary N) is 1. The molecule has 0 aromatic carbocycles. The molecule has 0 radical (unpaired) electrons. The van der Waals surface area contributed by atoms with Gasteiger partial charge in [-0.05, 0) is 38.1 Å². The Balaban J connectivity index is 1.65. The smallest absolute Gasteiger partial charge is 0.0702 e. The summed E-state index contributed by atoms with van der Waals surface area (Å²) in [5.74, 6) is 0. The van der Waals surface area contributed by atoms with E-state index < -0.39 is 0 Å². The average Bonchev–Trinajstić information content (AvgIpc) is 2.94. The lowest BCUT2D eigenvalue weighted by molar-refractivity contribution is 0.0694. The van der Waals surface area contributed by atoms with E-state index in [0.717, 1.165) is 32.3 Å². The van der Waals surface area contributed by atoms with E-state index in [0.29, 0.717) is 11.5 Å². The molecule has 0 aromatic rings. The number of hydrogen-bond acceptors (Lipinski definition) is 3. The molecular weight excluding hydrogens is 212 g/mol. The Morgan fingerprint density at radius 1 is 1.29 bits per heavy atom. The van der Waals surface area contributed by atoms with Crippen LogP contribution >= 0.6 is 0 Å². The summed E-state index contributed by atoms with van der Waals surface area (Å²) >= 11 is 0. The number of nitrogens with zero attached hydrogens (tertiary/aromatic N) is 1. The fourth-order valence-electron chi connectivity index (χ4n) is 2.70. The van der Waals surface area contributed by atoms with Gasteiger partial charge in [-0.15, -0.1) is 0 Å². The molecule has 0 spiro atoms. The summed E-state index contributed by atoms with van der Waals surface area (Å²) in [6.07, 6.45) is 5.71. The molecule has 1 aliphatic carbocycles. The molecule has 1 saturated carbocycles. The van der Waals surface area contributed by atoms with Crippen LogP contribution in [0.3, 0.4) is 0 Å². The lowest BCUT2D eigenvalue weighted by atomic mass is 9.92. The van der Waals surface area contributed by atoms with Gasteiger partial charge >= 0.3 is 0 Å². The Hall–Kier alpha value is -0.120. The summed E-state index contributed by atoms with van der Waals surface area (Å²) in [6, 6.07) is 0.817. The fraction of sp³-hybridized carbons (Fsp3) is 1.00. The van der Waals surface area contributed by atoms with Gasteiger partial charge in [0.05, 0.1) is 6.10 Å².